The first kappa shape index (κ1) is 23.3. The smallest absolute Gasteiger partial charge is 0.338 e. The molecule has 0 aliphatic rings. The van der Waals surface area contributed by atoms with E-state index in [1.807, 2.05) is 20.8 Å². The number of nitrogens with one attached hydrogen (secondary N) is 1. The Bertz CT molecular complexity index is 1080. The van der Waals surface area contributed by atoms with Crippen LogP contribution in [-0.2, 0) is 4.74 Å². The highest BCUT2D eigenvalue weighted by Crippen LogP contribution is 2.39. The maximum atomic E-state index is 13.0. The third kappa shape index (κ3) is 5.28. The van der Waals surface area contributed by atoms with Crippen molar-refractivity contribution in [1.29, 1.82) is 0 Å². The van der Waals surface area contributed by atoms with E-state index < -0.39 is 5.97 Å². The number of thiazole rings is 1. The molecule has 0 bridgehead atoms. The van der Waals surface area contributed by atoms with E-state index in [4.69, 9.17) is 18.9 Å². The van der Waals surface area contributed by atoms with Crippen LogP contribution in [0.5, 0.6) is 17.2 Å². The summed E-state index contributed by atoms with van der Waals surface area (Å²) in [5, 5.41) is 3.22. The van der Waals surface area contributed by atoms with E-state index in [0.29, 0.717) is 65.5 Å². The van der Waals surface area contributed by atoms with Crippen LogP contribution in [-0.4, -0.2) is 43.3 Å². The van der Waals surface area contributed by atoms with Gasteiger partial charge in [0.05, 0.1) is 42.2 Å². The number of hydrogen-bond acceptors (Lipinski definition) is 8. The van der Waals surface area contributed by atoms with Gasteiger partial charge in [-0.25, -0.2) is 9.78 Å². The lowest BCUT2D eigenvalue weighted by Gasteiger charge is -2.16. The average Bonchev–Trinajstić information content (AvgIpc) is 3.17. The maximum absolute atomic E-state index is 13.0. The zero-order valence-electron chi connectivity index (χ0n) is 18.5. The molecule has 1 aromatic heterocycles. The largest absolute Gasteiger partial charge is 0.490 e. The zero-order valence-corrected chi connectivity index (χ0v) is 19.3. The Morgan fingerprint density at radius 1 is 0.875 bits per heavy atom. The van der Waals surface area contributed by atoms with Crippen LogP contribution in [0.15, 0.2) is 30.3 Å². The van der Waals surface area contributed by atoms with Crippen molar-refractivity contribution in [3.05, 3.63) is 41.5 Å². The Kier molecular flexibility index (Phi) is 7.88. The molecule has 0 atom stereocenters. The van der Waals surface area contributed by atoms with Crippen LogP contribution in [0.1, 0.15) is 48.4 Å². The van der Waals surface area contributed by atoms with E-state index in [2.05, 4.69) is 10.3 Å². The fraction of sp³-hybridized carbons (Fsp3) is 0.348. The fourth-order valence-corrected chi connectivity index (χ4v) is 3.91. The number of benzene rings is 2. The second kappa shape index (κ2) is 10.8. The second-order valence-electron chi connectivity index (χ2n) is 6.48. The lowest BCUT2D eigenvalue weighted by atomic mass is 10.1. The Balaban J connectivity index is 1.88. The molecule has 1 amide bonds. The van der Waals surface area contributed by atoms with Crippen LogP contribution in [0.3, 0.4) is 0 Å². The number of ether oxygens (including phenoxy) is 4. The van der Waals surface area contributed by atoms with E-state index in [1.54, 1.807) is 37.3 Å². The van der Waals surface area contributed by atoms with Crippen molar-refractivity contribution in [3.63, 3.8) is 0 Å². The number of amides is 1. The normalized spacial score (nSPS) is 10.6. The molecular formula is C23H26N2O6S. The molecule has 0 aliphatic carbocycles. The van der Waals surface area contributed by atoms with Gasteiger partial charge in [-0.2, -0.15) is 0 Å². The van der Waals surface area contributed by atoms with Crippen LogP contribution in [0.4, 0.5) is 5.13 Å². The Hall–Kier alpha value is -3.33. The third-order valence-electron chi connectivity index (χ3n) is 4.29. The lowest BCUT2D eigenvalue weighted by Crippen LogP contribution is -2.13. The summed E-state index contributed by atoms with van der Waals surface area (Å²) >= 11 is 1.27. The molecule has 2 aromatic carbocycles. The molecule has 32 heavy (non-hydrogen) atoms. The van der Waals surface area contributed by atoms with Gasteiger partial charge in [-0.1, -0.05) is 11.3 Å². The SMILES string of the molecule is CCOC(=O)c1ccc2nc(NC(=O)c3cc(OCC)c(OCC)c(OCC)c3)sc2c1. The minimum Gasteiger partial charge on any atom is -0.490 e. The van der Waals surface area contributed by atoms with Crippen LogP contribution < -0.4 is 19.5 Å². The summed E-state index contributed by atoms with van der Waals surface area (Å²) in [7, 11) is 0. The lowest BCUT2D eigenvalue weighted by molar-refractivity contribution is 0.0526. The number of hydrogen-bond donors (Lipinski definition) is 1. The number of fused-ring (bicyclic) bond motifs is 1. The Morgan fingerprint density at radius 3 is 2.12 bits per heavy atom. The number of esters is 1. The highest BCUT2D eigenvalue weighted by molar-refractivity contribution is 7.22. The number of rotatable bonds is 10. The van der Waals surface area contributed by atoms with Gasteiger partial charge in [0.1, 0.15) is 0 Å². The molecule has 8 nitrogen and oxygen atoms in total. The number of aromatic nitrogens is 1. The average molecular weight is 459 g/mol. The van der Waals surface area contributed by atoms with Crippen molar-refractivity contribution in [3.8, 4) is 17.2 Å². The quantitative estimate of drug-likeness (QED) is 0.431. The minimum atomic E-state index is -0.394. The highest BCUT2D eigenvalue weighted by atomic mass is 32.1. The molecule has 0 fully saturated rings. The van der Waals surface area contributed by atoms with Crippen molar-refractivity contribution in [1.82, 2.24) is 4.98 Å². The summed E-state index contributed by atoms with van der Waals surface area (Å²) in [6.45, 7) is 8.90. The number of carbonyl (C=O) groups excluding carboxylic acids is 2. The number of nitrogens with zero attached hydrogens (tertiary/aromatic N) is 1. The van der Waals surface area contributed by atoms with Crippen LogP contribution in [0, 0.1) is 0 Å². The molecule has 170 valence electrons. The summed E-state index contributed by atoms with van der Waals surface area (Å²) in [6.07, 6.45) is 0. The Morgan fingerprint density at radius 2 is 1.53 bits per heavy atom. The second-order valence-corrected chi connectivity index (χ2v) is 7.51. The predicted molar refractivity (Wildman–Crippen MR) is 123 cm³/mol. The van der Waals surface area contributed by atoms with Crippen LogP contribution in [0.25, 0.3) is 10.2 Å². The van der Waals surface area contributed by atoms with Gasteiger partial charge in [0.25, 0.3) is 5.91 Å². The molecule has 1 N–H and O–H groups in total. The molecule has 0 unspecified atom stereocenters. The first-order valence-corrected chi connectivity index (χ1v) is 11.3. The molecule has 0 aliphatic heterocycles. The van der Waals surface area contributed by atoms with Gasteiger partial charge in [0, 0.05) is 5.56 Å². The van der Waals surface area contributed by atoms with Crippen LogP contribution >= 0.6 is 11.3 Å². The molecule has 3 rings (SSSR count). The van der Waals surface area contributed by atoms with Gasteiger partial charge >= 0.3 is 5.97 Å². The van der Waals surface area contributed by atoms with Gasteiger partial charge < -0.3 is 18.9 Å². The van der Waals surface area contributed by atoms with Crippen molar-refractivity contribution in [2.45, 2.75) is 27.7 Å². The minimum absolute atomic E-state index is 0.302. The molecule has 3 aromatic rings. The first-order chi connectivity index (χ1) is 15.5. The van der Waals surface area contributed by atoms with Crippen molar-refractivity contribution in [2.75, 3.05) is 31.7 Å². The van der Waals surface area contributed by atoms with E-state index >= 15 is 0 Å². The Labute approximate surface area is 190 Å². The van der Waals surface area contributed by atoms with Gasteiger partial charge in [-0.3, -0.25) is 10.1 Å². The van der Waals surface area contributed by atoms with Gasteiger partial charge in [0.2, 0.25) is 5.75 Å². The number of carbonyl (C=O) groups is 2. The molecule has 0 radical (unpaired) electrons. The van der Waals surface area contributed by atoms with E-state index in [9.17, 15) is 9.59 Å². The van der Waals surface area contributed by atoms with E-state index in [1.165, 1.54) is 11.3 Å². The molecular weight excluding hydrogens is 432 g/mol. The topological polar surface area (TPSA) is 96.0 Å². The van der Waals surface area contributed by atoms with Crippen LogP contribution in [0.2, 0.25) is 0 Å². The number of anilines is 1. The standard InChI is InChI=1S/C23H26N2O6S/c1-5-28-17-11-15(12-18(29-6-2)20(17)30-7-3)21(26)25-23-24-16-10-9-14(13-19(16)32-23)22(27)31-8-4/h9-13H,5-8H2,1-4H3,(H,24,25,26). The van der Waals surface area contributed by atoms with Crippen molar-refractivity contribution >= 4 is 38.6 Å². The third-order valence-corrected chi connectivity index (χ3v) is 5.22. The summed E-state index contributed by atoms with van der Waals surface area (Å²) in [6, 6.07) is 8.33. The summed E-state index contributed by atoms with van der Waals surface area (Å²) < 4.78 is 22.8. The fourth-order valence-electron chi connectivity index (χ4n) is 3.01. The molecule has 9 heteroatoms. The molecule has 0 saturated carbocycles. The van der Waals surface area contributed by atoms with E-state index in [0.717, 1.165) is 4.70 Å². The van der Waals surface area contributed by atoms with Gasteiger partial charge in [-0.05, 0) is 58.0 Å². The highest BCUT2D eigenvalue weighted by Gasteiger charge is 2.19. The van der Waals surface area contributed by atoms with Crippen molar-refractivity contribution < 1.29 is 28.5 Å². The summed E-state index contributed by atoms with van der Waals surface area (Å²) in [5.41, 5.74) is 1.47. The summed E-state index contributed by atoms with van der Waals surface area (Å²) in [4.78, 5) is 29.4. The van der Waals surface area contributed by atoms with E-state index in [-0.39, 0.29) is 5.91 Å². The first-order valence-electron chi connectivity index (χ1n) is 10.5. The zero-order chi connectivity index (χ0) is 23.1. The predicted octanol–water partition coefficient (Wildman–Crippen LogP) is 4.92. The maximum Gasteiger partial charge on any atom is 0.338 e. The van der Waals surface area contributed by atoms with Gasteiger partial charge in [-0.15, -0.1) is 0 Å². The molecule has 0 saturated heterocycles. The summed E-state index contributed by atoms with van der Waals surface area (Å²) in [5.74, 6) is 0.594. The molecule has 0 spiro atoms. The monoisotopic (exact) mass is 458 g/mol. The van der Waals surface area contributed by atoms with Crippen molar-refractivity contribution in [2.24, 2.45) is 0 Å². The van der Waals surface area contributed by atoms with Gasteiger partial charge in [0.15, 0.2) is 16.6 Å². The molecule has 1 heterocycles.